The van der Waals surface area contributed by atoms with Crippen LogP contribution in [0.5, 0.6) is 11.5 Å². The summed E-state index contributed by atoms with van der Waals surface area (Å²) in [4.78, 5) is 16.7. The molecular weight excluding hydrogens is 336 g/mol. The zero-order valence-electron chi connectivity index (χ0n) is 12.4. The number of halogens is 1. The number of aromatic nitrogens is 1. The number of hydrogen-bond acceptors (Lipinski definition) is 5. The molecule has 0 fully saturated rings. The molecule has 1 N–H and O–H groups in total. The van der Waals surface area contributed by atoms with Gasteiger partial charge in [-0.3, -0.25) is 10.1 Å². The Morgan fingerprint density at radius 2 is 1.91 bits per heavy atom. The summed E-state index contributed by atoms with van der Waals surface area (Å²) in [5, 5.41) is 3.86. The highest BCUT2D eigenvalue weighted by Gasteiger charge is 2.14. The van der Waals surface area contributed by atoms with E-state index in [4.69, 9.17) is 21.1 Å². The second-order valence-corrected chi connectivity index (χ2v) is 6.12. The lowest BCUT2D eigenvalue weighted by atomic mass is 10.2. The number of methoxy groups -OCH3 is 2. The fourth-order valence-corrected chi connectivity index (χ4v) is 3.11. The fraction of sp³-hybridized carbons (Fsp3) is 0.125. The molecule has 3 rings (SSSR count). The Hall–Kier alpha value is -2.31. The maximum absolute atomic E-state index is 12.2. The van der Waals surface area contributed by atoms with Crippen LogP contribution in [-0.2, 0) is 0 Å². The van der Waals surface area contributed by atoms with E-state index >= 15 is 0 Å². The van der Waals surface area contributed by atoms with Crippen molar-refractivity contribution in [1.82, 2.24) is 4.98 Å². The number of rotatable bonds is 4. The van der Waals surface area contributed by atoms with Crippen LogP contribution in [0.15, 0.2) is 36.4 Å². The van der Waals surface area contributed by atoms with Crippen molar-refractivity contribution in [3.8, 4) is 11.5 Å². The van der Waals surface area contributed by atoms with Crippen molar-refractivity contribution in [2.45, 2.75) is 0 Å². The van der Waals surface area contributed by atoms with Gasteiger partial charge in [-0.05, 0) is 30.3 Å². The zero-order valence-corrected chi connectivity index (χ0v) is 14.0. The first-order valence-electron chi connectivity index (χ1n) is 6.70. The minimum absolute atomic E-state index is 0.244. The Balaban J connectivity index is 1.91. The van der Waals surface area contributed by atoms with Crippen molar-refractivity contribution in [3.05, 3.63) is 47.0 Å². The van der Waals surface area contributed by atoms with Crippen LogP contribution in [0.3, 0.4) is 0 Å². The molecule has 0 saturated carbocycles. The van der Waals surface area contributed by atoms with Crippen molar-refractivity contribution >= 4 is 44.2 Å². The lowest BCUT2D eigenvalue weighted by molar-refractivity contribution is 0.102. The second-order valence-electron chi connectivity index (χ2n) is 4.66. The number of thiazole rings is 1. The topological polar surface area (TPSA) is 60.5 Å². The summed E-state index contributed by atoms with van der Waals surface area (Å²) in [6.45, 7) is 0. The maximum atomic E-state index is 12.2. The third kappa shape index (κ3) is 3.23. The van der Waals surface area contributed by atoms with E-state index in [1.807, 2.05) is 6.07 Å². The predicted octanol–water partition coefficient (Wildman–Crippen LogP) is 4.22. The minimum atomic E-state index is -0.244. The maximum Gasteiger partial charge on any atom is 0.257 e. The molecule has 0 radical (unpaired) electrons. The number of nitrogens with zero attached hydrogens (tertiary/aromatic N) is 1. The van der Waals surface area contributed by atoms with Gasteiger partial charge in [0.25, 0.3) is 5.91 Å². The van der Waals surface area contributed by atoms with Gasteiger partial charge in [0.05, 0.1) is 18.9 Å². The van der Waals surface area contributed by atoms with Gasteiger partial charge in [-0.2, -0.15) is 0 Å². The summed E-state index contributed by atoms with van der Waals surface area (Å²) in [7, 11) is 3.16. The van der Waals surface area contributed by atoms with Gasteiger partial charge < -0.3 is 9.47 Å². The van der Waals surface area contributed by atoms with Gasteiger partial charge in [0, 0.05) is 16.7 Å². The molecule has 5 nitrogen and oxygen atoms in total. The first kappa shape index (κ1) is 15.6. The van der Waals surface area contributed by atoms with Gasteiger partial charge in [0.2, 0.25) is 0 Å². The molecule has 0 atom stereocenters. The number of ether oxygens (including phenoxy) is 2. The normalized spacial score (nSPS) is 10.6. The highest BCUT2D eigenvalue weighted by atomic mass is 35.5. The van der Waals surface area contributed by atoms with Crippen LogP contribution in [-0.4, -0.2) is 25.1 Å². The van der Waals surface area contributed by atoms with Gasteiger partial charge in [0.15, 0.2) is 5.13 Å². The lowest BCUT2D eigenvalue weighted by Crippen LogP contribution is -2.11. The number of carbonyl (C=O) groups excluding carboxylic acids is 1. The molecule has 118 valence electrons. The zero-order chi connectivity index (χ0) is 16.4. The van der Waals surface area contributed by atoms with E-state index in [9.17, 15) is 4.79 Å². The predicted molar refractivity (Wildman–Crippen MR) is 92.1 cm³/mol. The first-order chi connectivity index (χ1) is 11.1. The van der Waals surface area contributed by atoms with E-state index < -0.39 is 0 Å². The molecule has 1 aromatic heterocycles. The Morgan fingerprint density at radius 1 is 1.17 bits per heavy atom. The van der Waals surface area contributed by atoms with E-state index in [0.29, 0.717) is 32.7 Å². The Bertz CT molecular complexity index is 862. The monoisotopic (exact) mass is 348 g/mol. The van der Waals surface area contributed by atoms with Crippen molar-refractivity contribution in [2.75, 3.05) is 19.5 Å². The molecule has 0 saturated heterocycles. The van der Waals surface area contributed by atoms with Gasteiger partial charge in [-0.1, -0.05) is 22.9 Å². The van der Waals surface area contributed by atoms with Crippen LogP contribution in [0.2, 0.25) is 5.02 Å². The quantitative estimate of drug-likeness (QED) is 0.766. The van der Waals surface area contributed by atoms with Gasteiger partial charge in [-0.25, -0.2) is 4.98 Å². The molecule has 7 heteroatoms. The van der Waals surface area contributed by atoms with Crippen LogP contribution in [0, 0.1) is 0 Å². The Labute approximate surface area is 141 Å². The second kappa shape index (κ2) is 6.44. The summed E-state index contributed by atoms with van der Waals surface area (Å²) in [5.74, 6) is 1.03. The first-order valence-corrected chi connectivity index (χ1v) is 7.89. The van der Waals surface area contributed by atoms with E-state index in [2.05, 4.69) is 10.3 Å². The van der Waals surface area contributed by atoms with Crippen LogP contribution in [0.1, 0.15) is 10.4 Å². The van der Waals surface area contributed by atoms with Gasteiger partial charge in [-0.15, -0.1) is 0 Å². The summed E-state index contributed by atoms with van der Waals surface area (Å²) in [6, 6.07) is 10.3. The Morgan fingerprint density at radius 3 is 2.57 bits per heavy atom. The van der Waals surface area contributed by atoms with E-state index in [1.165, 1.54) is 11.3 Å². The summed E-state index contributed by atoms with van der Waals surface area (Å²) in [6.07, 6.45) is 0. The SMILES string of the molecule is COc1cc(OC)c2nc(NC(=O)c3ccc(Cl)cc3)sc2c1. The van der Waals surface area contributed by atoms with Crippen molar-refractivity contribution < 1.29 is 14.3 Å². The highest BCUT2D eigenvalue weighted by molar-refractivity contribution is 7.22. The molecule has 1 amide bonds. The van der Waals surface area contributed by atoms with Crippen LogP contribution < -0.4 is 14.8 Å². The molecule has 23 heavy (non-hydrogen) atoms. The number of benzene rings is 2. The van der Waals surface area contributed by atoms with E-state index in [-0.39, 0.29) is 5.91 Å². The number of nitrogens with one attached hydrogen (secondary N) is 1. The van der Waals surface area contributed by atoms with Crippen molar-refractivity contribution in [2.24, 2.45) is 0 Å². The van der Waals surface area contributed by atoms with E-state index in [0.717, 1.165) is 4.70 Å². The van der Waals surface area contributed by atoms with Crippen LogP contribution in [0.25, 0.3) is 10.2 Å². The fourth-order valence-electron chi connectivity index (χ4n) is 2.07. The summed E-state index contributed by atoms with van der Waals surface area (Å²) >= 11 is 7.18. The molecule has 0 aliphatic heterocycles. The smallest absolute Gasteiger partial charge is 0.257 e. The molecule has 0 bridgehead atoms. The molecule has 0 aliphatic carbocycles. The molecule has 0 unspecified atom stereocenters. The molecule has 1 heterocycles. The molecule has 3 aromatic rings. The minimum Gasteiger partial charge on any atom is -0.497 e. The van der Waals surface area contributed by atoms with Gasteiger partial charge in [0.1, 0.15) is 17.0 Å². The molecule has 0 aliphatic rings. The van der Waals surface area contributed by atoms with Crippen molar-refractivity contribution in [1.29, 1.82) is 0 Å². The standard InChI is InChI=1S/C16H13ClN2O3S/c1-21-11-7-12(22-2)14-13(8-11)23-16(18-14)19-15(20)9-3-5-10(17)6-4-9/h3-8H,1-2H3,(H,18,19,20). The van der Waals surface area contributed by atoms with E-state index in [1.54, 1.807) is 44.6 Å². The third-order valence-electron chi connectivity index (χ3n) is 3.22. The number of fused-ring (bicyclic) bond motifs is 1. The molecule has 0 spiro atoms. The van der Waals surface area contributed by atoms with Crippen LogP contribution in [0.4, 0.5) is 5.13 Å². The van der Waals surface area contributed by atoms with Crippen LogP contribution >= 0.6 is 22.9 Å². The third-order valence-corrected chi connectivity index (χ3v) is 4.39. The largest absolute Gasteiger partial charge is 0.497 e. The number of hydrogen-bond donors (Lipinski definition) is 1. The average Bonchev–Trinajstić information content (AvgIpc) is 2.96. The average molecular weight is 349 g/mol. The van der Waals surface area contributed by atoms with Gasteiger partial charge >= 0.3 is 0 Å². The summed E-state index contributed by atoms with van der Waals surface area (Å²) in [5.41, 5.74) is 1.20. The number of carbonyl (C=O) groups is 1. The number of amides is 1. The Kier molecular flexibility index (Phi) is 4.36. The number of anilines is 1. The molecular formula is C16H13ClN2O3S. The highest BCUT2D eigenvalue weighted by Crippen LogP contribution is 2.36. The summed E-state index contributed by atoms with van der Waals surface area (Å²) < 4.78 is 11.4. The lowest BCUT2D eigenvalue weighted by Gasteiger charge is -2.03. The molecule has 2 aromatic carbocycles. The van der Waals surface area contributed by atoms with Crippen molar-refractivity contribution in [3.63, 3.8) is 0 Å².